The maximum Gasteiger partial charge on any atom is 0.321 e. The van der Waals surface area contributed by atoms with Crippen molar-refractivity contribution in [1.82, 2.24) is 24.6 Å². The zero-order valence-electron chi connectivity index (χ0n) is 17.3. The Kier molecular flexibility index (Phi) is 4.95. The first-order valence-corrected chi connectivity index (χ1v) is 10.8. The van der Waals surface area contributed by atoms with Crippen LogP contribution in [0.3, 0.4) is 0 Å². The van der Waals surface area contributed by atoms with Gasteiger partial charge in [0.15, 0.2) is 5.65 Å². The van der Waals surface area contributed by atoms with Crippen molar-refractivity contribution < 1.29 is 9.18 Å². The number of H-pyrrole nitrogens is 1. The molecule has 2 fully saturated rings. The Hall–Kier alpha value is -3.23. The van der Waals surface area contributed by atoms with Crippen molar-refractivity contribution in [2.45, 2.75) is 44.6 Å². The molecule has 2 amide bonds. The molecule has 1 aliphatic heterocycles. The van der Waals surface area contributed by atoms with Gasteiger partial charge in [0.2, 0.25) is 0 Å². The van der Waals surface area contributed by atoms with E-state index in [2.05, 4.69) is 22.3 Å². The van der Waals surface area contributed by atoms with E-state index in [0.29, 0.717) is 41.6 Å². The highest BCUT2D eigenvalue weighted by atomic mass is 19.1. The van der Waals surface area contributed by atoms with Gasteiger partial charge in [-0.2, -0.15) is 5.10 Å². The fourth-order valence-electron chi connectivity index (χ4n) is 4.59. The Labute approximate surface area is 178 Å². The highest BCUT2D eigenvalue weighted by Gasteiger charge is 2.34. The molecule has 2 atom stereocenters. The number of aromatic amines is 1. The van der Waals surface area contributed by atoms with Crippen LogP contribution in [0.15, 0.2) is 35.3 Å². The van der Waals surface area contributed by atoms with Crippen molar-refractivity contribution in [3.63, 3.8) is 0 Å². The highest BCUT2D eigenvalue weighted by Crippen LogP contribution is 2.33. The highest BCUT2D eigenvalue weighted by molar-refractivity contribution is 5.90. The van der Waals surface area contributed by atoms with Crippen LogP contribution in [0.5, 0.6) is 0 Å². The van der Waals surface area contributed by atoms with E-state index in [1.807, 2.05) is 4.68 Å². The standard InChI is InChI=1S/C22H25FN6O2/c1-13-3-2-4-17(9-13)29-20-18(10-24-29)21(30)27-19(26-20)14-11-28(12-14)22(31)25-16-7-5-15(23)6-8-16/h5-8,10,13-14,17H,2-4,9,11-12H2,1H3,(H,25,31)(H,26,27,30). The van der Waals surface area contributed by atoms with Crippen molar-refractivity contribution >= 4 is 22.8 Å². The lowest BCUT2D eigenvalue weighted by Gasteiger charge is -2.38. The van der Waals surface area contributed by atoms with Gasteiger partial charge in [-0.05, 0) is 43.0 Å². The first kappa shape index (κ1) is 19.7. The number of nitrogens with zero attached hydrogens (tertiary/aromatic N) is 4. The molecule has 31 heavy (non-hydrogen) atoms. The number of fused-ring (bicyclic) bond motifs is 1. The number of anilines is 1. The van der Waals surface area contributed by atoms with Gasteiger partial charge in [0.05, 0.1) is 18.2 Å². The molecule has 0 radical (unpaired) electrons. The third-order valence-corrected chi connectivity index (χ3v) is 6.39. The van der Waals surface area contributed by atoms with E-state index in [1.54, 1.807) is 11.1 Å². The van der Waals surface area contributed by atoms with E-state index in [1.165, 1.54) is 30.7 Å². The lowest BCUT2D eigenvalue weighted by Crippen LogP contribution is -2.51. The van der Waals surface area contributed by atoms with Crippen molar-refractivity contribution in [2.24, 2.45) is 5.92 Å². The van der Waals surface area contributed by atoms with Crippen molar-refractivity contribution in [1.29, 1.82) is 0 Å². The van der Waals surface area contributed by atoms with Crippen LogP contribution in [0.25, 0.3) is 11.0 Å². The third-order valence-electron chi connectivity index (χ3n) is 6.39. The number of amides is 2. The summed E-state index contributed by atoms with van der Waals surface area (Å²) in [6.45, 7) is 3.16. The van der Waals surface area contributed by atoms with Gasteiger partial charge in [-0.3, -0.25) is 4.79 Å². The van der Waals surface area contributed by atoms with Gasteiger partial charge in [-0.15, -0.1) is 0 Å². The van der Waals surface area contributed by atoms with Crippen LogP contribution < -0.4 is 10.9 Å². The average Bonchev–Trinajstić information content (AvgIpc) is 3.13. The van der Waals surface area contributed by atoms with Crippen LogP contribution >= 0.6 is 0 Å². The maximum absolute atomic E-state index is 13.0. The molecule has 0 spiro atoms. The molecule has 1 saturated heterocycles. The Morgan fingerprint density at radius 2 is 2.00 bits per heavy atom. The lowest BCUT2D eigenvalue weighted by molar-refractivity contribution is 0.161. The number of hydrogen-bond acceptors (Lipinski definition) is 4. The molecule has 1 aromatic carbocycles. The van der Waals surface area contributed by atoms with Crippen LogP contribution in [0.1, 0.15) is 50.4 Å². The average molecular weight is 424 g/mol. The summed E-state index contributed by atoms with van der Waals surface area (Å²) in [5.41, 5.74) is 0.977. The van der Waals surface area contributed by atoms with Crippen LogP contribution in [0.2, 0.25) is 0 Å². The number of carbonyl (C=O) groups is 1. The predicted molar refractivity (Wildman–Crippen MR) is 115 cm³/mol. The second kappa shape index (κ2) is 7.79. The quantitative estimate of drug-likeness (QED) is 0.671. The van der Waals surface area contributed by atoms with Gasteiger partial charge in [-0.25, -0.2) is 18.9 Å². The molecule has 2 N–H and O–H groups in total. The summed E-state index contributed by atoms with van der Waals surface area (Å²) in [6.07, 6.45) is 6.08. The number of benzene rings is 1. The zero-order chi connectivity index (χ0) is 21.5. The molecule has 3 heterocycles. The molecule has 2 unspecified atom stereocenters. The topological polar surface area (TPSA) is 95.9 Å². The smallest absolute Gasteiger partial charge is 0.321 e. The van der Waals surface area contributed by atoms with Crippen molar-refractivity contribution in [3.05, 3.63) is 52.5 Å². The second-order valence-corrected chi connectivity index (χ2v) is 8.74. The van der Waals surface area contributed by atoms with E-state index in [4.69, 9.17) is 4.98 Å². The van der Waals surface area contributed by atoms with Crippen molar-refractivity contribution in [2.75, 3.05) is 18.4 Å². The Morgan fingerprint density at radius 1 is 1.23 bits per heavy atom. The number of nitrogens with one attached hydrogen (secondary N) is 2. The Bertz CT molecular complexity index is 1160. The van der Waals surface area contributed by atoms with Gasteiger partial charge in [0, 0.05) is 18.8 Å². The van der Waals surface area contributed by atoms with Gasteiger partial charge in [0.25, 0.3) is 5.56 Å². The molecule has 0 bridgehead atoms. The van der Waals surface area contributed by atoms with E-state index in [9.17, 15) is 14.0 Å². The van der Waals surface area contributed by atoms with Gasteiger partial charge in [-0.1, -0.05) is 19.8 Å². The molecule has 162 valence electrons. The summed E-state index contributed by atoms with van der Waals surface area (Å²) >= 11 is 0. The predicted octanol–water partition coefficient (Wildman–Crippen LogP) is 3.64. The number of halogens is 1. The fraction of sp³-hybridized carbons (Fsp3) is 0.455. The van der Waals surface area contributed by atoms with E-state index in [0.717, 1.165) is 19.3 Å². The number of likely N-dealkylation sites (tertiary alicyclic amines) is 1. The number of urea groups is 1. The fourth-order valence-corrected chi connectivity index (χ4v) is 4.59. The molecule has 8 nitrogen and oxygen atoms in total. The number of carbonyl (C=O) groups excluding carboxylic acids is 1. The van der Waals surface area contributed by atoms with Crippen LogP contribution in [-0.4, -0.2) is 43.8 Å². The van der Waals surface area contributed by atoms with Gasteiger partial charge < -0.3 is 15.2 Å². The molecule has 5 rings (SSSR count). The number of hydrogen-bond donors (Lipinski definition) is 2. The maximum atomic E-state index is 13.0. The molecule has 2 aliphatic rings. The molecular formula is C22H25FN6O2. The molecule has 9 heteroatoms. The van der Waals surface area contributed by atoms with E-state index >= 15 is 0 Å². The minimum Gasteiger partial charge on any atom is -0.323 e. The largest absolute Gasteiger partial charge is 0.323 e. The Morgan fingerprint density at radius 3 is 2.74 bits per heavy atom. The summed E-state index contributed by atoms with van der Waals surface area (Å²) in [5, 5.41) is 7.74. The summed E-state index contributed by atoms with van der Waals surface area (Å²) in [4.78, 5) is 34.3. The SMILES string of the molecule is CC1CCCC(n2ncc3c(=O)[nH]c(C4CN(C(=O)Nc5ccc(F)cc5)C4)nc32)C1. The first-order valence-electron chi connectivity index (χ1n) is 10.8. The number of aromatic nitrogens is 4. The molecule has 2 aromatic heterocycles. The van der Waals surface area contributed by atoms with Crippen LogP contribution in [0.4, 0.5) is 14.9 Å². The normalized spacial score (nSPS) is 21.8. The minimum absolute atomic E-state index is 0.0373. The summed E-state index contributed by atoms with van der Waals surface area (Å²) < 4.78 is 14.9. The summed E-state index contributed by atoms with van der Waals surface area (Å²) in [7, 11) is 0. The lowest BCUT2D eigenvalue weighted by atomic mass is 9.87. The number of rotatable bonds is 3. The second-order valence-electron chi connectivity index (χ2n) is 8.74. The Balaban J connectivity index is 1.31. The summed E-state index contributed by atoms with van der Waals surface area (Å²) in [5.74, 6) is 0.840. The van der Waals surface area contributed by atoms with Crippen molar-refractivity contribution in [3.8, 4) is 0 Å². The van der Waals surface area contributed by atoms with Gasteiger partial charge in [0.1, 0.15) is 17.0 Å². The van der Waals surface area contributed by atoms with Crippen LogP contribution in [0, 0.1) is 11.7 Å². The first-order chi connectivity index (χ1) is 15.0. The molecular weight excluding hydrogens is 399 g/mol. The minimum atomic E-state index is -0.352. The summed E-state index contributed by atoms with van der Waals surface area (Å²) in [6, 6.07) is 5.65. The van der Waals surface area contributed by atoms with Gasteiger partial charge >= 0.3 is 6.03 Å². The molecule has 1 aliphatic carbocycles. The van der Waals surface area contributed by atoms with E-state index in [-0.39, 0.29) is 29.4 Å². The zero-order valence-corrected chi connectivity index (χ0v) is 17.3. The monoisotopic (exact) mass is 424 g/mol. The molecule has 3 aromatic rings. The van der Waals surface area contributed by atoms with Crippen LogP contribution in [-0.2, 0) is 0 Å². The van der Waals surface area contributed by atoms with E-state index < -0.39 is 0 Å². The molecule has 1 saturated carbocycles. The third kappa shape index (κ3) is 3.80.